The number of rotatable bonds is 4. The van der Waals surface area contributed by atoms with Gasteiger partial charge in [-0.3, -0.25) is 15.1 Å². The zero-order valence-electron chi connectivity index (χ0n) is 14.4. The summed E-state index contributed by atoms with van der Waals surface area (Å²) in [5.41, 5.74) is 7.51. The highest BCUT2D eigenvalue weighted by atomic mass is 16.5. The molecule has 0 aliphatic rings. The number of aliphatic imine (C=N–C) groups is 1. The van der Waals surface area contributed by atoms with Gasteiger partial charge in [-0.2, -0.15) is 0 Å². The van der Waals surface area contributed by atoms with E-state index in [2.05, 4.69) is 15.3 Å². The molecule has 0 spiro atoms. The topological polar surface area (TPSA) is 98.8 Å². The minimum Gasteiger partial charge on any atom is -0.493 e. The van der Waals surface area contributed by atoms with Gasteiger partial charge in [-0.05, 0) is 24.3 Å². The number of pyridine rings is 1. The van der Waals surface area contributed by atoms with Crippen molar-refractivity contribution in [3.63, 3.8) is 0 Å². The van der Waals surface area contributed by atoms with E-state index < -0.39 is 0 Å². The number of ether oxygens (including phenoxy) is 2. The standard InChI is InChI=1S/C19H18N4O3/c1-25-16-10-14-13(8-9-21-15(14)11-17(16)26-2)18(24)23-19(20)22-12-6-4-3-5-7-12/h3-11H,1-2H3,(H3,20,22,23,24). The molecule has 3 N–H and O–H groups in total. The monoisotopic (exact) mass is 350 g/mol. The van der Waals surface area contributed by atoms with E-state index in [4.69, 9.17) is 15.2 Å². The van der Waals surface area contributed by atoms with Gasteiger partial charge in [-0.15, -0.1) is 0 Å². The summed E-state index contributed by atoms with van der Waals surface area (Å²) in [6, 6.07) is 14.2. The summed E-state index contributed by atoms with van der Waals surface area (Å²) < 4.78 is 10.6. The quantitative estimate of drug-likeness (QED) is 0.557. The molecule has 0 atom stereocenters. The molecule has 0 saturated carbocycles. The summed E-state index contributed by atoms with van der Waals surface area (Å²) in [6.07, 6.45) is 1.55. The molecule has 0 radical (unpaired) electrons. The lowest BCUT2D eigenvalue weighted by Crippen LogP contribution is -2.36. The average molecular weight is 350 g/mol. The Balaban J connectivity index is 1.94. The summed E-state index contributed by atoms with van der Waals surface area (Å²) in [4.78, 5) is 21.1. The van der Waals surface area contributed by atoms with Crippen LogP contribution in [0.25, 0.3) is 10.9 Å². The molecule has 0 unspecified atom stereocenters. The fraction of sp³-hybridized carbons (Fsp3) is 0.105. The predicted molar refractivity (Wildman–Crippen MR) is 100 cm³/mol. The molecular weight excluding hydrogens is 332 g/mol. The van der Waals surface area contributed by atoms with Gasteiger partial charge >= 0.3 is 0 Å². The Morgan fingerprint density at radius 3 is 2.46 bits per heavy atom. The Morgan fingerprint density at radius 2 is 1.77 bits per heavy atom. The van der Waals surface area contributed by atoms with Crippen LogP contribution in [0.2, 0.25) is 0 Å². The van der Waals surface area contributed by atoms with E-state index in [-0.39, 0.29) is 11.9 Å². The molecule has 0 aliphatic carbocycles. The first-order chi connectivity index (χ1) is 12.6. The van der Waals surface area contributed by atoms with E-state index in [0.29, 0.717) is 33.7 Å². The number of fused-ring (bicyclic) bond motifs is 1. The zero-order chi connectivity index (χ0) is 18.5. The van der Waals surface area contributed by atoms with E-state index in [1.165, 1.54) is 7.11 Å². The number of guanidine groups is 1. The number of hydrogen-bond acceptors (Lipinski definition) is 5. The highest BCUT2D eigenvalue weighted by Crippen LogP contribution is 2.32. The van der Waals surface area contributed by atoms with Crippen LogP contribution in [0.4, 0.5) is 5.69 Å². The second kappa shape index (κ2) is 7.52. The van der Waals surface area contributed by atoms with Crippen LogP contribution in [-0.4, -0.2) is 31.1 Å². The highest BCUT2D eigenvalue weighted by Gasteiger charge is 2.15. The number of nitrogens with two attached hydrogens (primary N) is 1. The number of para-hydroxylation sites is 1. The summed E-state index contributed by atoms with van der Waals surface area (Å²) in [5.74, 6) is 0.664. The molecule has 0 bridgehead atoms. The second-order valence-corrected chi connectivity index (χ2v) is 5.37. The average Bonchev–Trinajstić information content (AvgIpc) is 2.66. The van der Waals surface area contributed by atoms with Gasteiger partial charge in [0.15, 0.2) is 11.5 Å². The van der Waals surface area contributed by atoms with Crippen LogP contribution in [0.1, 0.15) is 10.4 Å². The molecular formula is C19H18N4O3. The molecule has 2 aromatic carbocycles. The minimum atomic E-state index is -0.387. The van der Waals surface area contributed by atoms with Crippen molar-refractivity contribution in [2.45, 2.75) is 0 Å². The molecule has 3 aromatic rings. The van der Waals surface area contributed by atoms with Crippen LogP contribution in [0.15, 0.2) is 59.7 Å². The molecule has 0 fully saturated rings. The Hall–Kier alpha value is -3.61. The van der Waals surface area contributed by atoms with Gasteiger partial charge in [0, 0.05) is 17.6 Å². The fourth-order valence-corrected chi connectivity index (χ4v) is 2.52. The van der Waals surface area contributed by atoms with Gasteiger partial charge in [0.2, 0.25) is 5.96 Å². The third-order valence-corrected chi connectivity index (χ3v) is 3.74. The molecule has 0 aliphatic heterocycles. The predicted octanol–water partition coefficient (Wildman–Crippen LogP) is 2.63. The molecule has 1 amide bonds. The molecule has 7 nitrogen and oxygen atoms in total. The van der Waals surface area contributed by atoms with Crippen LogP contribution in [-0.2, 0) is 0 Å². The van der Waals surface area contributed by atoms with Crippen molar-refractivity contribution in [3.05, 3.63) is 60.3 Å². The number of aromatic nitrogens is 1. The van der Waals surface area contributed by atoms with E-state index in [1.807, 2.05) is 18.2 Å². The molecule has 26 heavy (non-hydrogen) atoms. The molecule has 0 saturated heterocycles. The Labute approximate surface area is 150 Å². The van der Waals surface area contributed by atoms with Crippen molar-refractivity contribution in [3.8, 4) is 11.5 Å². The van der Waals surface area contributed by atoms with Gasteiger partial charge in [0.25, 0.3) is 5.91 Å². The zero-order valence-corrected chi connectivity index (χ0v) is 14.4. The lowest BCUT2D eigenvalue weighted by atomic mass is 10.1. The smallest absolute Gasteiger partial charge is 0.258 e. The first kappa shape index (κ1) is 17.2. The van der Waals surface area contributed by atoms with Crippen LogP contribution in [0.5, 0.6) is 11.5 Å². The number of nitrogens with zero attached hydrogens (tertiary/aromatic N) is 2. The van der Waals surface area contributed by atoms with Crippen LogP contribution in [0.3, 0.4) is 0 Å². The van der Waals surface area contributed by atoms with Crippen molar-refractivity contribution in [1.29, 1.82) is 0 Å². The van der Waals surface area contributed by atoms with E-state index in [0.717, 1.165) is 0 Å². The number of methoxy groups -OCH3 is 2. The lowest BCUT2D eigenvalue weighted by molar-refractivity contribution is 0.0978. The maximum atomic E-state index is 12.6. The van der Waals surface area contributed by atoms with E-state index in [1.54, 1.807) is 43.6 Å². The summed E-state index contributed by atoms with van der Waals surface area (Å²) >= 11 is 0. The van der Waals surface area contributed by atoms with Crippen LogP contribution in [0, 0.1) is 0 Å². The van der Waals surface area contributed by atoms with Crippen molar-refractivity contribution >= 4 is 28.5 Å². The van der Waals surface area contributed by atoms with Gasteiger partial charge in [0.1, 0.15) is 0 Å². The molecule has 1 aromatic heterocycles. The first-order valence-corrected chi connectivity index (χ1v) is 7.83. The fourth-order valence-electron chi connectivity index (χ4n) is 2.52. The van der Waals surface area contributed by atoms with Gasteiger partial charge in [0.05, 0.1) is 31.0 Å². The molecule has 7 heteroatoms. The Bertz CT molecular complexity index is 971. The molecule has 3 rings (SSSR count). The van der Waals surface area contributed by atoms with Gasteiger partial charge < -0.3 is 15.2 Å². The third-order valence-electron chi connectivity index (χ3n) is 3.74. The largest absolute Gasteiger partial charge is 0.493 e. The van der Waals surface area contributed by atoms with E-state index in [9.17, 15) is 4.79 Å². The first-order valence-electron chi connectivity index (χ1n) is 7.83. The van der Waals surface area contributed by atoms with Crippen molar-refractivity contribution < 1.29 is 14.3 Å². The van der Waals surface area contributed by atoms with Crippen LogP contribution >= 0.6 is 0 Å². The third kappa shape index (κ3) is 3.56. The number of hydrogen-bond donors (Lipinski definition) is 2. The van der Waals surface area contributed by atoms with Gasteiger partial charge in [-0.1, -0.05) is 18.2 Å². The number of amides is 1. The maximum absolute atomic E-state index is 12.6. The number of nitrogens with one attached hydrogen (secondary N) is 1. The number of carbonyl (C=O) groups excluding carboxylic acids is 1. The van der Waals surface area contributed by atoms with Gasteiger partial charge in [-0.25, -0.2) is 4.99 Å². The molecule has 132 valence electrons. The normalized spacial score (nSPS) is 11.2. The van der Waals surface area contributed by atoms with Crippen LogP contribution < -0.4 is 20.5 Å². The van der Waals surface area contributed by atoms with Crippen molar-refractivity contribution in [1.82, 2.24) is 10.3 Å². The number of benzene rings is 2. The summed E-state index contributed by atoms with van der Waals surface area (Å²) in [5, 5.41) is 3.21. The molecule has 1 heterocycles. The maximum Gasteiger partial charge on any atom is 0.258 e. The van der Waals surface area contributed by atoms with Crippen molar-refractivity contribution in [2.75, 3.05) is 14.2 Å². The SMILES string of the molecule is COc1cc2nccc(C(=O)NC(N)=Nc3ccccc3)c2cc1OC. The Morgan fingerprint density at radius 1 is 1.08 bits per heavy atom. The summed E-state index contributed by atoms with van der Waals surface area (Å²) in [6.45, 7) is 0. The van der Waals surface area contributed by atoms with E-state index >= 15 is 0 Å². The summed E-state index contributed by atoms with van der Waals surface area (Å²) in [7, 11) is 3.07. The van der Waals surface area contributed by atoms with Crippen molar-refractivity contribution in [2.24, 2.45) is 10.7 Å². The lowest BCUT2D eigenvalue weighted by Gasteiger charge is -2.11. The second-order valence-electron chi connectivity index (χ2n) is 5.37. The minimum absolute atomic E-state index is 0.00615. The highest BCUT2D eigenvalue weighted by molar-refractivity contribution is 6.12. The number of carbonyl (C=O) groups is 1. The Kier molecular flexibility index (Phi) is 4.98.